The van der Waals surface area contributed by atoms with Crippen molar-refractivity contribution in [2.45, 2.75) is 156 Å². The fraction of sp³-hybridized carbons (Fsp3) is 0.968. The minimum atomic E-state index is 0. The summed E-state index contributed by atoms with van der Waals surface area (Å²) >= 11 is 0. The monoisotopic (exact) mass is 608 g/mol. The predicted molar refractivity (Wildman–Crippen MR) is 167 cm³/mol. The van der Waals surface area contributed by atoms with Crippen LogP contribution in [0.15, 0.2) is 4.99 Å². The van der Waals surface area contributed by atoms with Crippen molar-refractivity contribution in [1.82, 2.24) is 0 Å². The third kappa shape index (κ3) is 27.0. The number of aliphatic imine (C=N–C) groups is 1. The van der Waals surface area contributed by atoms with Crippen LogP contribution in [-0.2, 0) is 0 Å². The normalized spacial score (nSPS) is 12.7. The third-order valence-corrected chi connectivity index (χ3v) is 7.39. The zero-order valence-corrected chi connectivity index (χ0v) is 27.3. The van der Waals surface area contributed by atoms with Crippen molar-refractivity contribution in [2.24, 2.45) is 10.4 Å². The zero-order chi connectivity index (χ0) is 25.5. The number of halogens is 1. The van der Waals surface area contributed by atoms with Gasteiger partial charge < -0.3 is 14.6 Å². The van der Waals surface area contributed by atoms with Gasteiger partial charge in [0, 0.05) is 12.0 Å². The average Bonchev–Trinajstić information content (AvgIpc) is 2.78. The van der Waals surface area contributed by atoms with Crippen LogP contribution >= 0.6 is 24.0 Å². The number of rotatable bonds is 25. The van der Waals surface area contributed by atoms with Crippen LogP contribution in [0.5, 0.6) is 0 Å². The van der Waals surface area contributed by atoms with Gasteiger partial charge in [-0.15, -0.1) is 24.0 Å². The van der Waals surface area contributed by atoms with Gasteiger partial charge >= 0.3 is 0 Å². The summed E-state index contributed by atoms with van der Waals surface area (Å²) in [7, 11) is 4.50. The third-order valence-electron chi connectivity index (χ3n) is 7.39. The van der Waals surface area contributed by atoms with E-state index >= 15 is 0 Å². The van der Waals surface area contributed by atoms with Crippen molar-refractivity contribution in [1.29, 1.82) is 0 Å². The highest BCUT2D eigenvalue weighted by Gasteiger charge is 2.27. The summed E-state index contributed by atoms with van der Waals surface area (Å²) in [5.41, 5.74) is 0.0860. The van der Waals surface area contributed by atoms with E-state index in [1.54, 1.807) is 0 Å². The van der Waals surface area contributed by atoms with E-state index < -0.39 is 0 Å². The summed E-state index contributed by atoms with van der Waals surface area (Å²) in [6, 6.07) is 0. The van der Waals surface area contributed by atoms with Gasteiger partial charge in [0.1, 0.15) is 0 Å². The van der Waals surface area contributed by atoms with Crippen LogP contribution in [0, 0.1) is 5.41 Å². The first-order chi connectivity index (χ1) is 16.2. The van der Waals surface area contributed by atoms with Crippen LogP contribution < -0.4 is 5.11 Å². The van der Waals surface area contributed by atoms with E-state index in [1.165, 1.54) is 116 Å². The summed E-state index contributed by atoms with van der Waals surface area (Å²) in [5.74, 6) is 0.113. The van der Waals surface area contributed by atoms with Gasteiger partial charge in [0.25, 0.3) is 0 Å². The van der Waals surface area contributed by atoms with E-state index in [0.717, 1.165) is 24.0 Å². The summed E-state index contributed by atoms with van der Waals surface area (Å²) < 4.78 is 0.982. The highest BCUT2D eigenvalue weighted by atomic mass is 127. The molecule has 212 valence electrons. The fourth-order valence-corrected chi connectivity index (χ4v) is 5.06. The Morgan fingerprint density at radius 3 is 1.31 bits per heavy atom. The standard InChI is InChI=1S/C31H64N2O.HI/c1-7-9-10-11-12-13-14-15-16-17-18-19-20-21-22-23-24-25-26-27-30(34)32-28-31(3,4)29-33(5,6)8-2;/h7-29H2,1-6H3;1H. The molecule has 0 fully saturated rings. The van der Waals surface area contributed by atoms with Crippen LogP contribution in [0.3, 0.4) is 0 Å². The molecule has 0 saturated carbocycles. The second kappa shape index (κ2) is 24.5. The Morgan fingerprint density at radius 2 is 0.971 bits per heavy atom. The van der Waals surface area contributed by atoms with E-state index in [-0.39, 0.29) is 35.3 Å². The molecule has 35 heavy (non-hydrogen) atoms. The van der Waals surface area contributed by atoms with Gasteiger partial charge in [-0.25, -0.2) is 0 Å². The molecular formula is C31H65IN2O. The number of unbranched alkanes of at least 4 members (excludes halogenated alkanes) is 18. The van der Waals surface area contributed by atoms with Crippen molar-refractivity contribution in [2.75, 3.05) is 33.7 Å². The topological polar surface area (TPSA) is 35.4 Å². The number of hydrogen-bond acceptors (Lipinski definition) is 2. The number of nitrogens with zero attached hydrogens (tertiary/aromatic N) is 2. The summed E-state index contributed by atoms with van der Waals surface area (Å²) in [4.78, 5) is 4.38. The van der Waals surface area contributed by atoms with Crippen molar-refractivity contribution in [3.05, 3.63) is 0 Å². The van der Waals surface area contributed by atoms with Crippen LogP contribution in [0.1, 0.15) is 156 Å². The largest absolute Gasteiger partial charge is 0.862 e. The lowest BCUT2D eigenvalue weighted by Gasteiger charge is -2.36. The Bertz CT molecular complexity index is 477. The van der Waals surface area contributed by atoms with Gasteiger partial charge in [-0.2, -0.15) is 0 Å². The first-order valence-electron chi connectivity index (χ1n) is 15.2. The summed E-state index contributed by atoms with van der Waals surface area (Å²) in [6.07, 6.45) is 26.9. The Kier molecular flexibility index (Phi) is 26.1. The van der Waals surface area contributed by atoms with Gasteiger partial charge in [-0.3, -0.25) is 0 Å². The molecule has 0 heterocycles. The van der Waals surface area contributed by atoms with Gasteiger partial charge in [-0.05, 0) is 25.7 Å². The lowest BCUT2D eigenvalue weighted by atomic mass is 9.92. The van der Waals surface area contributed by atoms with Gasteiger partial charge in [-0.1, -0.05) is 136 Å². The highest BCUT2D eigenvalue weighted by Crippen LogP contribution is 2.20. The van der Waals surface area contributed by atoms with Gasteiger partial charge in [0.2, 0.25) is 0 Å². The molecule has 0 unspecified atom stereocenters. The molecule has 0 aliphatic rings. The van der Waals surface area contributed by atoms with Gasteiger partial charge in [0.05, 0.1) is 27.2 Å². The molecule has 0 aromatic carbocycles. The van der Waals surface area contributed by atoms with Crippen LogP contribution in [0.25, 0.3) is 0 Å². The van der Waals surface area contributed by atoms with Crippen LogP contribution in [0.2, 0.25) is 0 Å². The minimum Gasteiger partial charge on any atom is -0.862 e. The predicted octanol–water partition coefficient (Wildman–Crippen LogP) is 9.31. The van der Waals surface area contributed by atoms with Gasteiger partial charge in [0.15, 0.2) is 0 Å². The second-order valence-corrected chi connectivity index (χ2v) is 12.4. The molecule has 0 aliphatic heterocycles. The molecule has 0 bridgehead atoms. The Labute approximate surface area is 238 Å². The van der Waals surface area contributed by atoms with Crippen LogP contribution in [-0.4, -0.2) is 44.1 Å². The van der Waals surface area contributed by atoms with Crippen molar-refractivity contribution in [3.8, 4) is 0 Å². The molecular weight excluding hydrogens is 543 g/mol. The maximum atomic E-state index is 12.1. The summed E-state index contributed by atoms with van der Waals surface area (Å²) in [6.45, 7) is 11.8. The van der Waals surface area contributed by atoms with Crippen molar-refractivity contribution >= 4 is 29.9 Å². The van der Waals surface area contributed by atoms with E-state index in [1.807, 2.05) is 0 Å². The Hall–Kier alpha value is 0.160. The molecule has 0 N–H and O–H groups in total. The fourth-order valence-electron chi connectivity index (χ4n) is 5.06. The maximum Gasteiger partial charge on any atom is 0.0852 e. The SMILES string of the molecule is CCCCCCCCCCCCCCCCCCCCCC([O-])=NCC(C)(C)C[N+](C)(C)CC.I. The van der Waals surface area contributed by atoms with Crippen molar-refractivity contribution < 1.29 is 9.59 Å². The molecule has 0 amide bonds. The lowest BCUT2D eigenvalue weighted by Crippen LogP contribution is -2.47. The molecule has 0 saturated heterocycles. The van der Waals surface area contributed by atoms with Crippen molar-refractivity contribution in [3.63, 3.8) is 0 Å². The quantitative estimate of drug-likeness (QED) is 0.0335. The van der Waals surface area contributed by atoms with E-state index in [4.69, 9.17) is 0 Å². The molecule has 0 aromatic rings. The van der Waals surface area contributed by atoms with Crippen LogP contribution in [0.4, 0.5) is 0 Å². The Morgan fingerprint density at radius 1 is 0.629 bits per heavy atom. The zero-order valence-electron chi connectivity index (χ0n) is 25.0. The molecule has 0 atom stereocenters. The molecule has 0 rings (SSSR count). The van der Waals surface area contributed by atoms with E-state index in [2.05, 4.69) is 46.8 Å². The van der Waals surface area contributed by atoms with E-state index in [0.29, 0.717) is 13.0 Å². The minimum absolute atomic E-state index is 0. The number of hydrogen-bond donors (Lipinski definition) is 0. The smallest absolute Gasteiger partial charge is 0.0852 e. The Balaban J connectivity index is 0. The molecule has 0 aromatic heterocycles. The first-order valence-corrected chi connectivity index (χ1v) is 15.2. The molecule has 0 spiro atoms. The number of quaternary nitrogens is 1. The first kappa shape index (κ1) is 37.3. The lowest BCUT2D eigenvalue weighted by molar-refractivity contribution is -0.894. The second-order valence-electron chi connectivity index (χ2n) is 12.4. The molecule has 4 heteroatoms. The molecule has 3 nitrogen and oxygen atoms in total. The summed E-state index contributed by atoms with van der Waals surface area (Å²) in [5, 5.41) is 12.1. The van der Waals surface area contributed by atoms with E-state index in [9.17, 15) is 5.11 Å². The average molecular weight is 609 g/mol. The molecule has 0 aliphatic carbocycles. The highest BCUT2D eigenvalue weighted by molar-refractivity contribution is 14.0. The molecule has 0 radical (unpaired) electrons. The maximum absolute atomic E-state index is 12.1.